The Morgan fingerprint density at radius 1 is 1.19 bits per heavy atom. The molecule has 0 bridgehead atoms. The number of benzene rings is 1. The Balaban J connectivity index is 1.86. The van der Waals surface area contributed by atoms with Crippen LogP contribution in [0.2, 0.25) is 0 Å². The van der Waals surface area contributed by atoms with Crippen molar-refractivity contribution in [1.29, 1.82) is 0 Å². The van der Waals surface area contributed by atoms with Crippen LogP contribution < -0.4 is 5.73 Å². The first kappa shape index (κ1) is 15.7. The molecule has 112 valence electrons. The second-order valence-electron chi connectivity index (χ2n) is 5.52. The lowest BCUT2D eigenvalue weighted by atomic mass is 10.0. The molecule has 2 N–H and O–H groups in total. The molecular weight excluding hydrogens is 260 g/mol. The highest BCUT2D eigenvalue weighted by molar-refractivity contribution is 5.25. The van der Waals surface area contributed by atoms with E-state index in [1.165, 1.54) is 11.1 Å². The standard InChI is InChI=1S/C18H24N2O/c1-14-5-3-7-17(13-14)18(15(2)19)21-12-4-6-16-8-10-20-11-9-16/h3,5,7-11,13,15,18H,4,6,12,19H2,1-2H3. The van der Waals surface area contributed by atoms with Crippen molar-refractivity contribution in [2.24, 2.45) is 5.73 Å². The normalized spacial score (nSPS) is 13.9. The van der Waals surface area contributed by atoms with Crippen molar-refractivity contribution < 1.29 is 4.74 Å². The van der Waals surface area contributed by atoms with Crippen LogP contribution in [0.25, 0.3) is 0 Å². The molecule has 2 aromatic rings. The highest BCUT2D eigenvalue weighted by Crippen LogP contribution is 2.21. The zero-order valence-electron chi connectivity index (χ0n) is 12.8. The number of hydrogen-bond acceptors (Lipinski definition) is 3. The fourth-order valence-electron chi connectivity index (χ4n) is 2.43. The van der Waals surface area contributed by atoms with Crippen LogP contribution in [-0.2, 0) is 11.2 Å². The maximum absolute atomic E-state index is 6.08. The highest BCUT2D eigenvalue weighted by Gasteiger charge is 2.16. The van der Waals surface area contributed by atoms with E-state index in [4.69, 9.17) is 10.5 Å². The van der Waals surface area contributed by atoms with Crippen molar-refractivity contribution in [3.8, 4) is 0 Å². The largest absolute Gasteiger partial charge is 0.372 e. The third-order valence-electron chi connectivity index (χ3n) is 3.50. The summed E-state index contributed by atoms with van der Waals surface area (Å²) in [5.41, 5.74) is 9.77. The topological polar surface area (TPSA) is 48.1 Å². The van der Waals surface area contributed by atoms with Crippen LogP contribution in [0.4, 0.5) is 0 Å². The van der Waals surface area contributed by atoms with E-state index < -0.39 is 0 Å². The van der Waals surface area contributed by atoms with Crippen molar-refractivity contribution in [3.63, 3.8) is 0 Å². The summed E-state index contributed by atoms with van der Waals surface area (Å²) in [6, 6.07) is 12.5. The van der Waals surface area contributed by atoms with Crippen molar-refractivity contribution in [2.75, 3.05) is 6.61 Å². The van der Waals surface area contributed by atoms with Crippen molar-refractivity contribution >= 4 is 0 Å². The molecule has 1 aromatic carbocycles. The number of aromatic nitrogens is 1. The summed E-state index contributed by atoms with van der Waals surface area (Å²) in [7, 11) is 0. The zero-order valence-corrected chi connectivity index (χ0v) is 12.8. The number of nitrogens with zero attached hydrogens (tertiary/aromatic N) is 1. The molecule has 0 fully saturated rings. The zero-order chi connectivity index (χ0) is 15.1. The van der Waals surface area contributed by atoms with Gasteiger partial charge in [0.1, 0.15) is 0 Å². The van der Waals surface area contributed by atoms with Crippen LogP contribution in [-0.4, -0.2) is 17.6 Å². The van der Waals surface area contributed by atoms with Gasteiger partial charge in [0.25, 0.3) is 0 Å². The fraction of sp³-hybridized carbons (Fsp3) is 0.389. The molecule has 0 aliphatic heterocycles. The van der Waals surface area contributed by atoms with E-state index in [9.17, 15) is 0 Å². The van der Waals surface area contributed by atoms with Gasteiger partial charge in [0.05, 0.1) is 6.10 Å². The number of pyridine rings is 1. The number of rotatable bonds is 7. The second kappa shape index (κ2) is 7.91. The van der Waals surface area contributed by atoms with E-state index in [1.807, 2.05) is 31.5 Å². The molecule has 0 aliphatic rings. The van der Waals surface area contributed by atoms with Crippen LogP contribution >= 0.6 is 0 Å². The first-order valence-electron chi connectivity index (χ1n) is 7.49. The van der Waals surface area contributed by atoms with Crippen LogP contribution in [0.5, 0.6) is 0 Å². The molecule has 1 heterocycles. The molecular formula is C18H24N2O. The number of ether oxygens (including phenoxy) is 1. The van der Waals surface area contributed by atoms with Gasteiger partial charge in [0, 0.05) is 25.0 Å². The van der Waals surface area contributed by atoms with Crippen LogP contribution in [0.3, 0.4) is 0 Å². The molecule has 3 heteroatoms. The smallest absolute Gasteiger partial charge is 0.0973 e. The average molecular weight is 284 g/mol. The van der Waals surface area contributed by atoms with Crippen molar-refractivity contribution in [2.45, 2.75) is 38.8 Å². The molecule has 3 nitrogen and oxygen atoms in total. The lowest BCUT2D eigenvalue weighted by Crippen LogP contribution is -2.27. The SMILES string of the molecule is Cc1cccc(C(OCCCc2ccncc2)C(C)N)c1. The summed E-state index contributed by atoms with van der Waals surface area (Å²) >= 11 is 0. The van der Waals surface area contributed by atoms with E-state index in [2.05, 4.69) is 36.2 Å². The molecule has 21 heavy (non-hydrogen) atoms. The van der Waals surface area contributed by atoms with E-state index in [0.29, 0.717) is 6.61 Å². The maximum atomic E-state index is 6.08. The average Bonchev–Trinajstić information content (AvgIpc) is 2.48. The van der Waals surface area contributed by atoms with Gasteiger partial charge < -0.3 is 10.5 Å². The minimum absolute atomic E-state index is 0.0206. The number of hydrogen-bond donors (Lipinski definition) is 1. The quantitative estimate of drug-likeness (QED) is 0.792. The van der Waals surface area contributed by atoms with E-state index in [1.54, 1.807) is 0 Å². The van der Waals surface area contributed by atoms with E-state index >= 15 is 0 Å². The van der Waals surface area contributed by atoms with Gasteiger partial charge in [-0.1, -0.05) is 29.8 Å². The second-order valence-corrected chi connectivity index (χ2v) is 5.52. The Hall–Kier alpha value is -1.71. The molecule has 0 amide bonds. The third kappa shape index (κ3) is 4.96. The number of aryl methyl sites for hydroxylation is 2. The van der Waals surface area contributed by atoms with Gasteiger partial charge in [0.2, 0.25) is 0 Å². The monoisotopic (exact) mass is 284 g/mol. The van der Waals surface area contributed by atoms with Crippen LogP contribution in [0.15, 0.2) is 48.8 Å². The van der Waals surface area contributed by atoms with Crippen LogP contribution in [0.1, 0.15) is 36.1 Å². The molecule has 1 aromatic heterocycles. The summed E-state index contributed by atoms with van der Waals surface area (Å²) in [5.74, 6) is 0. The first-order valence-corrected chi connectivity index (χ1v) is 7.49. The molecule has 0 saturated heterocycles. The fourth-order valence-corrected chi connectivity index (χ4v) is 2.43. The summed E-state index contributed by atoms with van der Waals surface area (Å²) in [4.78, 5) is 4.03. The van der Waals surface area contributed by atoms with Crippen molar-refractivity contribution in [3.05, 3.63) is 65.5 Å². The van der Waals surface area contributed by atoms with Gasteiger partial charge in [-0.2, -0.15) is 0 Å². The molecule has 2 unspecified atom stereocenters. The van der Waals surface area contributed by atoms with E-state index in [0.717, 1.165) is 18.4 Å². The minimum atomic E-state index is -0.0395. The maximum Gasteiger partial charge on any atom is 0.0973 e. The lowest BCUT2D eigenvalue weighted by Gasteiger charge is -2.22. The molecule has 2 rings (SSSR count). The number of nitrogens with two attached hydrogens (primary N) is 1. The summed E-state index contributed by atoms with van der Waals surface area (Å²) < 4.78 is 6.03. The van der Waals surface area contributed by atoms with Gasteiger partial charge >= 0.3 is 0 Å². The molecule has 0 aliphatic carbocycles. The van der Waals surface area contributed by atoms with Gasteiger partial charge in [-0.25, -0.2) is 0 Å². The van der Waals surface area contributed by atoms with Crippen molar-refractivity contribution in [1.82, 2.24) is 4.98 Å². The predicted octanol–water partition coefficient (Wildman–Crippen LogP) is 3.43. The Morgan fingerprint density at radius 3 is 2.62 bits per heavy atom. The van der Waals surface area contributed by atoms with Gasteiger partial charge in [-0.05, 0) is 49.9 Å². The van der Waals surface area contributed by atoms with Crippen LogP contribution in [0, 0.1) is 6.92 Å². The Morgan fingerprint density at radius 2 is 1.95 bits per heavy atom. The highest BCUT2D eigenvalue weighted by atomic mass is 16.5. The third-order valence-corrected chi connectivity index (χ3v) is 3.50. The Labute approximate surface area is 127 Å². The Bertz CT molecular complexity index is 540. The summed E-state index contributed by atoms with van der Waals surface area (Å²) in [5, 5.41) is 0. The minimum Gasteiger partial charge on any atom is -0.372 e. The molecule has 0 spiro atoms. The van der Waals surface area contributed by atoms with Gasteiger partial charge in [-0.3, -0.25) is 4.98 Å². The predicted molar refractivity (Wildman–Crippen MR) is 86.1 cm³/mol. The first-order chi connectivity index (χ1) is 10.2. The van der Waals surface area contributed by atoms with E-state index in [-0.39, 0.29) is 12.1 Å². The lowest BCUT2D eigenvalue weighted by molar-refractivity contribution is 0.0369. The van der Waals surface area contributed by atoms with Gasteiger partial charge in [-0.15, -0.1) is 0 Å². The van der Waals surface area contributed by atoms with Gasteiger partial charge in [0.15, 0.2) is 0 Å². The Kier molecular flexibility index (Phi) is 5.90. The summed E-state index contributed by atoms with van der Waals surface area (Å²) in [6.07, 6.45) is 5.60. The molecule has 0 radical (unpaired) electrons. The summed E-state index contributed by atoms with van der Waals surface area (Å²) in [6.45, 7) is 4.80. The molecule has 2 atom stereocenters. The molecule has 0 saturated carbocycles.